The van der Waals surface area contributed by atoms with Crippen LogP contribution in [0.3, 0.4) is 0 Å². The van der Waals surface area contributed by atoms with Crippen LogP contribution >= 0.6 is 0 Å². The van der Waals surface area contributed by atoms with Crippen molar-refractivity contribution in [2.45, 2.75) is 27.3 Å². The van der Waals surface area contributed by atoms with Crippen LogP contribution in [0.4, 0.5) is 11.5 Å². The lowest BCUT2D eigenvalue weighted by Gasteiger charge is -2.35. The first kappa shape index (κ1) is 21.6. The van der Waals surface area contributed by atoms with Gasteiger partial charge in [0, 0.05) is 49.7 Å². The summed E-state index contributed by atoms with van der Waals surface area (Å²) in [6, 6.07) is 9.09. The van der Waals surface area contributed by atoms with Crippen LogP contribution < -0.4 is 9.64 Å². The number of pyridine rings is 1. The van der Waals surface area contributed by atoms with Gasteiger partial charge in [-0.2, -0.15) is 0 Å². The molecule has 2 aromatic heterocycles. The van der Waals surface area contributed by atoms with Crippen LogP contribution in [0, 0.1) is 17.0 Å². The van der Waals surface area contributed by atoms with Gasteiger partial charge in [-0.05, 0) is 50.6 Å². The second kappa shape index (κ2) is 8.86. The van der Waals surface area contributed by atoms with E-state index in [-0.39, 0.29) is 11.6 Å². The molecule has 0 bridgehead atoms. The Bertz CT molecular complexity index is 1150. The fourth-order valence-electron chi connectivity index (χ4n) is 4.32. The summed E-state index contributed by atoms with van der Waals surface area (Å²) in [7, 11) is 0. The smallest absolute Gasteiger partial charge is 0.287 e. The summed E-state index contributed by atoms with van der Waals surface area (Å²) in [4.78, 5) is 32.0. The minimum atomic E-state index is -0.458. The molecule has 1 aliphatic heterocycles. The van der Waals surface area contributed by atoms with Crippen LogP contribution in [-0.4, -0.2) is 58.1 Å². The molecule has 0 radical (unpaired) electrons. The van der Waals surface area contributed by atoms with E-state index in [0.29, 0.717) is 45.1 Å². The Morgan fingerprint density at radius 3 is 2.50 bits per heavy atom. The van der Waals surface area contributed by atoms with Crippen molar-refractivity contribution >= 4 is 28.3 Å². The van der Waals surface area contributed by atoms with Crippen molar-refractivity contribution in [1.82, 2.24) is 14.5 Å². The van der Waals surface area contributed by atoms with Gasteiger partial charge in [-0.3, -0.25) is 14.9 Å². The van der Waals surface area contributed by atoms with Crippen molar-refractivity contribution in [1.29, 1.82) is 0 Å². The van der Waals surface area contributed by atoms with Crippen molar-refractivity contribution in [3.8, 4) is 5.75 Å². The van der Waals surface area contributed by atoms with Gasteiger partial charge >= 0.3 is 0 Å². The van der Waals surface area contributed by atoms with Gasteiger partial charge in [0.15, 0.2) is 0 Å². The summed E-state index contributed by atoms with van der Waals surface area (Å²) < 4.78 is 7.73. The molecule has 3 heterocycles. The van der Waals surface area contributed by atoms with Gasteiger partial charge in [0.2, 0.25) is 0 Å². The van der Waals surface area contributed by atoms with E-state index in [9.17, 15) is 14.9 Å². The lowest BCUT2D eigenvalue weighted by Crippen LogP contribution is -2.49. The number of hydrogen-bond donors (Lipinski definition) is 0. The Morgan fingerprint density at radius 2 is 1.91 bits per heavy atom. The standard InChI is InChI=1S/C23H27N5O4/c1-4-27-20-8-7-18(32-5-2)14-19(20)16(3)22(27)23(29)26-12-10-25(11-13-26)21-9-6-17(15-24-21)28(30)31/h6-9,14-15H,4-5,10-13H2,1-3H3. The van der Waals surface area contributed by atoms with E-state index in [0.717, 1.165) is 27.9 Å². The van der Waals surface area contributed by atoms with E-state index in [2.05, 4.69) is 9.55 Å². The first-order valence-electron chi connectivity index (χ1n) is 10.8. The van der Waals surface area contributed by atoms with Crippen LogP contribution in [0.25, 0.3) is 10.9 Å². The van der Waals surface area contributed by atoms with Crippen LogP contribution in [-0.2, 0) is 6.54 Å². The molecular weight excluding hydrogens is 410 g/mol. The number of fused-ring (bicyclic) bond motifs is 1. The van der Waals surface area contributed by atoms with E-state index in [1.54, 1.807) is 6.07 Å². The fourth-order valence-corrected chi connectivity index (χ4v) is 4.32. The second-order valence-corrected chi connectivity index (χ2v) is 7.74. The first-order chi connectivity index (χ1) is 15.4. The van der Waals surface area contributed by atoms with Crippen LogP contribution in [0.15, 0.2) is 36.5 Å². The van der Waals surface area contributed by atoms with Gasteiger partial charge in [0.05, 0.1) is 11.5 Å². The minimum absolute atomic E-state index is 0.0230. The predicted molar refractivity (Wildman–Crippen MR) is 123 cm³/mol. The number of carbonyl (C=O) groups is 1. The maximum Gasteiger partial charge on any atom is 0.287 e. The molecular formula is C23H27N5O4. The topological polar surface area (TPSA) is 93.7 Å². The zero-order valence-electron chi connectivity index (χ0n) is 18.6. The molecule has 1 amide bonds. The molecule has 0 unspecified atom stereocenters. The van der Waals surface area contributed by atoms with Gasteiger partial charge in [-0.1, -0.05) is 0 Å². The van der Waals surface area contributed by atoms with Gasteiger partial charge in [0.1, 0.15) is 23.5 Å². The molecule has 0 saturated carbocycles. The number of piperazine rings is 1. The van der Waals surface area contributed by atoms with Crippen LogP contribution in [0.2, 0.25) is 0 Å². The van der Waals surface area contributed by atoms with Crippen molar-refractivity contribution in [3.05, 3.63) is 57.9 Å². The lowest BCUT2D eigenvalue weighted by atomic mass is 10.1. The number of aryl methyl sites for hydroxylation is 2. The van der Waals surface area contributed by atoms with E-state index in [4.69, 9.17) is 4.74 Å². The SMILES string of the molecule is CCOc1ccc2c(c1)c(C)c(C(=O)N1CCN(c3ccc([N+](=O)[O-])cn3)CC1)n2CC. The second-order valence-electron chi connectivity index (χ2n) is 7.74. The maximum atomic E-state index is 13.5. The van der Waals surface area contributed by atoms with Crippen molar-refractivity contribution < 1.29 is 14.5 Å². The number of benzene rings is 1. The molecule has 4 rings (SSSR count). The molecule has 0 aliphatic carbocycles. The van der Waals surface area contributed by atoms with Gasteiger partial charge in [0.25, 0.3) is 11.6 Å². The van der Waals surface area contributed by atoms with E-state index in [1.165, 1.54) is 12.3 Å². The number of hydrogen-bond acceptors (Lipinski definition) is 6. The number of rotatable bonds is 6. The molecule has 1 fully saturated rings. The molecule has 1 aliphatic rings. The normalized spacial score (nSPS) is 14.1. The highest BCUT2D eigenvalue weighted by Crippen LogP contribution is 2.30. The molecule has 1 aromatic carbocycles. The van der Waals surface area contributed by atoms with Crippen molar-refractivity contribution in [3.63, 3.8) is 0 Å². The number of nitro groups is 1. The average Bonchev–Trinajstić information content (AvgIpc) is 3.10. The Kier molecular flexibility index (Phi) is 5.98. The summed E-state index contributed by atoms with van der Waals surface area (Å²) in [6.45, 7) is 9.66. The molecule has 168 valence electrons. The Balaban J connectivity index is 1.54. The lowest BCUT2D eigenvalue weighted by molar-refractivity contribution is -0.385. The van der Waals surface area contributed by atoms with Gasteiger partial charge in [-0.15, -0.1) is 0 Å². The highest BCUT2D eigenvalue weighted by molar-refractivity contribution is 6.02. The number of nitrogens with zero attached hydrogens (tertiary/aromatic N) is 5. The summed E-state index contributed by atoms with van der Waals surface area (Å²) in [5.41, 5.74) is 2.69. The largest absolute Gasteiger partial charge is 0.494 e. The maximum absolute atomic E-state index is 13.5. The van der Waals surface area contributed by atoms with Gasteiger partial charge < -0.3 is 19.1 Å². The number of amides is 1. The number of ether oxygens (including phenoxy) is 1. The Labute approximate surface area is 186 Å². The molecule has 9 heteroatoms. The third-order valence-electron chi connectivity index (χ3n) is 5.95. The molecule has 0 atom stereocenters. The first-order valence-corrected chi connectivity index (χ1v) is 10.8. The quantitative estimate of drug-likeness (QED) is 0.432. The van der Waals surface area contributed by atoms with E-state index in [1.807, 2.05) is 48.8 Å². The summed E-state index contributed by atoms with van der Waals surface area (Å²) in [5, 5.41) is 11.9. The fraction of sp³-hybridized carbons (Fsp3) is 0.391. The average molecular weight is 438 g/mol. The molecule has 9 nitrogen and oxygen atoms in total. The van der Waals surface area contributed by atoms with E-state index < -0.39 is 4.92 Å². The third-order valence-corrected chi connectivity index (χ3v) is 5.95. The molecule has 3 aromatic rings. The zero-order chi connectivity index (χ0) is 22.8. The molecule has 32 heavy (non-hydrogen) atoms. The number of aromatic nitrogens is 2. The van der Waals surface area contributed by atoms with Crippen LogP contribution in [0.5, 0.6) is 5.75 Å². The number of anilines is 1. The Hall–Kier alpha value is -3.62. The third kappa shape index (κ3) is 3.86. The highest BCUT2D eigenvalue weighted by atomic mass is 16.6. The van der Waals surface area contributed by atoms with Crippen molar-refractivity contribution in [2.24, 2.45) is 0 Å². The van der Waals surface area contributed by atoms with Gasteiger partial charge in [-0.25, -0.2) is 4.98 Å². The predicted octanol–water partition coefficient (Wildman–Crippen LogP) is 3.63. The highest BCUT2D eigenvalue weighted by Gasteiger charge is 2.28. The molecule has 0 N–H and O–H groups in total. The van der Waals surface area contributed by atoms with E-state index >= 15 is 0 Å². The minimum Gasteiger partial charge on any atom is -0.494 e. The van der Waals surface area contributed by atoms with Crippen LogP contribution in [0.1, 0.15) is 29.9 Å². The molecule has 1 saturated heterocycles. The number of carbonyl (C=O) groups excluding carboxylic acids is 1. The van der Waals surface area contributed by atoms with Crippen molar-refractivity contribution in [2.75, 3.05) is 37.7 Å². The summed E-state index contributed by atoms with van der Waals surface area (Å²) in [6.07, 6.45) is 1.27. The zero-order valence-corrected chi connectivity index (χ0v) is 18.6. The summed E-state index contributed by atoms with van der Waals surface area (Å²) in [5.74, 6) is 1.51. The monoisotopic (exact) mass is 437 g/mol. The molecule has 0 spiro atoms. The summed E-state index contributed by atoms with van der Waals surface area (Å²) >= 11 is 0. The Morgan fingerprint density at radius 1 is 1.16 bits per heavy atom.